The van der Waals surface area contributed by atoms with Gasteiger partial charge in [-0.05, 0) is 35.9 Å². The van der Waals surface area contributed by atoms with Gasteiger partial charge in [0.15, 0.2) is 0 Å². The fraction of sp³-hybridized carbons (Fsp3) is 0. The third-order valence-corrected chi connectivity index (χ3v) is 4.79. The number of nitrogens with one attached hydrogen (secondary N) is 1. The number of aromatic nitrogens is 3. The first-order chi connectivity index (χ1) is 14.2. The molecule has 1 N–H and O–H groups in total. The smallest absolute Gasteiger partial charge is 0.256 e. The molecule has 0 bridgehead atoms. The number of nitrogens with zero attached hydrogens (tertiary/aromatic N) is 3. The van der Waals surface area contributed by atoms with Crippen molar-refractivity contribution in [2.75, 3.05) is 5.32 Å². The van der Waals surface area contributed by atoms with Crippen LogP contribution in [0.5, 0.6) is 0 Å². The third-order valence-electron chi connectivity index (χ3n) is 4.79. The van der Waals surface area contributed by atoms with E-state index in [1.165, 1.54) is 16.8 Å². The maximum atomic E-state index is 13.4. The monoisotopic (exact) mass is 382 g/mol. The van der Waals surface area contributed by atoms with Gasteiger partial charge in [0.1, 0.15) is 11.5 Å². The average molecular weight is 382 g/mol. The van der Waals surface area contributed by atoms with E-state index in [4.69, 9.17) is 0 Å². The normalized spacial score (nSPS) is 14.1. The Morgan fingerprint density at radius 1 is 0.966 bits per heavy atom. The Hall–Kier alpha value is -4.06. The second-order valence-corrected chi connectivity index (χ2v) is 6.71. The van der Waals surface area contributed by atoms with E-state index in [9.17, 15) is 9.18 Å². The Bertz CT molecular complexity index is 1260. The van der Waals surface area contributed by atoms with Crippen molar-refractivity contribution >= 4 is 23.2 Å². The number of benzene rings is 3. The largest absolute Gasteiger partial charge is 0.321 e. The number of rotatable bonds is 3. The second kappa shape index (κ2) is 6.83. The van der Waals surface area contributed by atoms with Crippen LogP contribution in [-0.4, -0.2) is 20.9 Å². The van der Waals surface area contributed by atoms with Crippen LogP contribution in [0, 0.1) is 5.82 Å². The number of hydrogen-bond donors (Lipinski definition) is 1. The molecule has 1 amide bonds. The number of carbonyl (C=O) groups is 1. The molecule has 0 saturated carbocycles. The minimum Gasteiger partial charge on any atom is -0.321 e. The Morgan fingerprint density at radius 2 is 1.79 bits per heavy atom. The minimum absolute atomic E-state index is 0.103. The molecule has 140 valence electrons. The standard InChI is InChI=1S/C23H15FN4O/c24-17-4-3-5-18(13-17)28-14-22(26-27-28)16-10-8-15(9-11-16)12-20-19-6-1-2-7-21(19)25-23(20)29/h1-14H,(H,25,29)/b20-12-. The summed E-state index contributed by atoms with van der Waals surface area (Å²) >= 11 is 0. The molecule has 0 unspecified atom stereocenters. The number of para-hydroxylation sites is 1. The summed E-state index contributed by atoms with van der Waals surface area (Å²) < 4.78 is 15.0. The Morgan fingerprint density at radius 3 is 2.62 bits per heavy atom. The van der Waals surface area contributed by atoms with Gasteiger partial charge in [-0.25, -0.2) is 9.07 Å². The highest BCUT2D eigenvalue weighted by Crippen LogP contribution is 2.32. The van der Waals surface area contributed by atoms with Crippen LogP contribution in [-0.2, 0) is 4.79 Å². The molecule has 0 radical (unpaired) electrons. The number of anilines is 1. The highest BCUT2D eigenvalue weighted by Gasteiger charge is 2.23. The molecule has 5 rings (SSSR count). The SMILES string of the molecule is O=C1Nc2ccccc2/C1=C/c1ccc(-c2cn(-c3cccc(F)c3)nn2)cc1. The summed E-state index contributed by atoms with van der Waals surface area (Å²) in [7, 11) is 0. The highest BCUT2D eigenvalue weighted by molar-refractivity contribution is 6.34. The zero-order valence-corrected chi connectivity index (χ0v) is 15.2. The summed E-state index contributed by atoms with van der Waals surface area (Å²) in [4.78, 5) is 12.3. The van der Waals surface area contributed by atoms with Crippen molar-refractivity contribution in [1.82, 2.24) is 15.0 Å². The van der Waals surface area contributed by atoms with Crippen LogP contribution < -0.4 is 5.32 Å². The zero-order valence-electron chi connectivity index (χ0n) is 15.2. The van der Waals surface area contributed by atoms with Crippen molar-refractivity contribution < 1.29 is 9.18 Å². The van der Waals surface area contributed by atoms with Crippen molar-refractivity contribution in [3.05, 3.63) is 95.9 Å². The summed E-state index contributed by atoms with van der Waals surface area (Å²) in [5.74, 6) is -0.428. The number of carbonyl (C=O) groups excluding carboxylic acids is 1. The molecule has 0 atom stereocenters. The van der Waals surface area contributed by atoms with E-state index in [0.29, 0.717) is 17.0 Å². The van der Waals surface area contributed by atoms with E-state index in [1.807, 2.05) is 54.6 Å². The van der Waals surface area contributed by atoms with Gasteiger partial charge >= 0.3 is 0 Å². The predicted molar refractivity (Wildman–Crippen MR) is 110 cm³/mol. The number of amides is 1. The van der Waals surface area contributed by atoms with Crippen LogP contribution in [0.25, 0.3) is 28.6 Å². The van der Waals surface area contributed by atoms with Crippen molar-refractivity contribution in [2.45, 2.75) is 0 Å². The molecule has 4 aromatic rings. The van der Waals surface area contributed by atoms with Gasteiger partial charge in [0, 0.05) is 22.4 Å². The first-order valence-electron chi connectivity index (χ1n) is 9.08. The second-order valence-electron chi connectivity index (χ2n) is 6.71. The topological polar surface area (TPSA) is 59.8 Å². The summed E-state index contributed by atoms with van der Waals surface area (Å²) in [6.45, 7) is 0. The maximum absolute atomic E-state index is 13.4. The summed E-state index contributed by atoms with van der Waals surface area (Å²) in [6, 6.07) is 21.5. The van der Waals surface area contributed by atoms with Gasteiger partial charge in [-0.15, -0.1) is 5.10 Å². The fourth-order valence-corrected chi connectivity index (χ4v) is 3.34. The molecule has 5 nitrogen and oxygen atoms in total. The molecule has 3 aromatic carbocycles. The van der Waals surface area contributed by atoms with Gasteiger partial charge in [-0.1, -0.05) is 53.7 Å². The molecule has 0 saturated heterocycles. The van der Waals surface area contributed by atoms with Gasteiger partial charge in [-0.3, -0.25) is 4.79 Å². The van der Waals surface area contributed by atoms with Crippen molar-refractivity contribution in [3.8, 4) is 16.9 Å². The molecule has 0 fully saturated rings. The van der Waals surface area contributed by atoms with E-state index in [-0.39, 0.29) is 11.7 Å². The van der Waals surface area contributed by atoms with Crippen LogP contribution in [0.15, 0.2) is 79.0 Å². The van der Waals surface area contributed by atoms with E-state index in [0.717, 1.165) is 22.4 Å². The van der Waals surface area contributed by atoms with Crippen molar-refractivity contribution in [1.29, 1.82) is 0 Å². The Kier molecular flexibility index (Phi) is 4.02. The fourth-order valence-electron chi connectivity index (χ4n) is 3.34. The first kappa shape index (κ1) is 17.1. The lowest BCUT2D eigenvalue weighted by Gasteiger charge is -2.01. The average Bonchev–Trinajstić information content (AvgIpc) is 3.34. The van der Waals surface area contributed by atoms with Crippen LogP contribution >= 0.6 is 0 Å². The quantitative estimate of drug-likeness (QED) is 0.528. The highest BCUT2D eigenvalue weighted by atomic mass is 19.1. The zero-order chi connectivity index (χ0) is 19.8. The van der Waals surface area contributed by atoms with Crippen LogP contribution in [0.1, 0.15) is 11.1 Å². The summed E-state index contributed by atoms with van der Waals surface area (Å²) in [5.41, 5.74) is 5.45. The van der Waals surface area contributed by atoms with Gasteiger partial charge in [-0.2, -0.15) is 0 Å². The lowest BCUT2D eigenvalue weighted by atomic mass is 10.0. The van der Waals surface area contributed by atoms with Gasteiger partial charge in [0.05, 0.1) is 11.9 Å². The lowest BCUT2D eigenvalue weighted by molar-refractivity contribution is -0.110. The predicted octanol–water partition coefficient (Wildman–Crippen LogP) is 4.57. The minimum atomic E-state index is -0.325. The third kappa shape index (κ3) is 3.21. The summed E-state index contributed by atoms with van der Waals surface area (Å²) in [5, 5.41) is 11.1. The molecule has 0 aliphatic carbocycles. The van der Waals surface area contributed by atoms with Crippen LogP contribution in [0.4, 0.5) is 10.1 Å². The molecule has 29 heavy (non-hydrogen) atoms. The lowest BCUT2D eigenvalue weighted by Crippen LogP contribution is -2.03. The molecule has 1 aliphatic rings. The number of fused-ring (bicyclic) bond motifs is 1. The molecule has 2 heterocycles. The molecule has 0 spiro atoms. The molecular formula is C23H15FN4O. The first-order valence-corrected chi connectivity index (χ1v) is 9.08. The van der Waals surface area contributed by atoms with E-state index >= 15 is 0 Å². The Balaban J connectivity index is 1.42. The van der Waals surface area contributed by atoms with Gasteiger partial charge in [0.2, 0.25) is 0 Å². The van der Waals surface area contributed by atoms with E-state index < -0.39 is 0 Å². The number of hydrogen-bond acceptors (Lipinski definition) is 3. The molecule has 1 aliphatic heterocycles. The van der Waals surface area contributed by atoms with E-state index in [1.54, 1.807) is 18.3 Å². The molecule has 6 heteroatoms. The van der Waals surface area contributed by atoms with Crippen LogP contribution in [0.3, 0.4) is 0 Å². The molecule has 1 aromatic heterocycles. The van der Waals surface area contributed by atoms with E-state index in [2.05, 4.69) is 15.6 Å². The van der Waals surface area contributed by atoms with Gasteiger partial charge in [0.25, 0.3) is 5.91 Å². The van der Waals surface area contributed by atoms with Crippen LogP contribution in [0.2, 0.25) is 0 Å². The molecular weight excluding hydrogens is 367 g/mol. The Labute approximate surface area is 166 Å². The number of halogens is 1. The maximum Gasteiger partial charge on any atom is 0.256 e. The van der Waals surface area contributed by atoms with Gasteiger partial charge < -0.3 is 5.32 Å². The summed E-state index contributed by atoms with van der Waals surface area (Å²) in [6.07, 6.45) is 3.62. The van der Waals surface area contributed by atoms with Crippen molar-refractivity contribution in [3.63, 3.8) is 0 Å². The van der Waals surface area contributed by atoms with Crippen molar-refractivity contribution in [2.24, 2.45) is 0 Å².